The van der Waals surface area contributed by atoms with Crippen LogP contribution in [0.25, 0.3) is 0 Å². The van der Waals surface area contributed by atoms with Gasteiger partial charge >= 0.3 is 6.03 Å². The third-order valence-corrected chi connectivity index (χ3v) is 6.09. The van der Waals surface area contributed by atoms with Gasteiger partial charge in [-0.15, -0.1) is 0 Å². The first-order valence-corrected chi connectivity index (χ1v) is 9.36. The zero-order chi connectivity index (χ0) is 14.8. The van der Waals surface area contributed by atoms with Gasteiger partial charge < -0.3 is 5.11 Å². The van der Waals surface area contributed by atoms with Crippen molar-refractivity contribution in [2.45, 2.75) is 82.3 Å². The molecule has 1 heterocycles. The smallest absolute Gasteiger partial charge is 0.329 e. The fourth-order valence-corrected chi connectivity index (χ4v) is 5.04. The van der Waals surface area contributed by atoms with Crippen molar-refractivity contribution in [1.29, 1.82) is 0 Å². The summed E-state index contributed by atoms with van der Waals surface area (Å²) >= 11 is 0. The molecule has 5 nitrogen and oxygen atoms in total. The fraction of sp³-hybridized carbons (Fsp3) is 0.867. The molecule has 1 aliphatic heterocycles. The zero-order valence-corrected chi connectivity index (χ0v) is 13.5. The molecule has 0 aromatic rings. The summed E-state index contributed by atoms with van der Waals surface area (Å²) in [6, 6.07) is -0.0529. The van der Waals surface area contributed by atoms with Crippen LogP contribution in [0.4, 0.5) is 9.59 Å². The van der Waals surface area contributed by atoms with E-state index >= 15 is 0 Å². The highest BCUT2D eigenvalue weighted by atomic mass is 31.1. The number of rotatable bonds is 2. The van der Waals surface area contributed by atoms with E-state index in [1.165, 1.54) is 17.7 Å². The summed E-state index contributed by atoms with van der Waals surface area (Å²) in [4.78, 5) is 28.2. The number of carbonyl (C=O) groups is 2. The second-order valence-corrected chi connectivity index (χ2v) is 7.70. The SMILES string of the molecule is O=C1PC(O)N(C2CCCCC2)C(=O)N1C1CCCCC1. The van der Waals surface area contributed by atoms with Crippen LogP contribution in [0, 0.1) is 0 Å². The summed E-state index contributed by atoms with van der Waals surface area (Å²) in [5, 5.41) is 10.2. The third kappa shape index (κ3) is 3.09. The Bertz CT molecular complexity index is 406. The predicted molar refractivity (Wildman–Crippen MR) is 82.5 cm³/mol. The normalized spacial score (nSPS) is 31.2. The Morgan fingerprint density at radius 3 is 1.95 bits per heavy atom. The van der Waals surface area contributed by atoms with Crippen LogP contribution < -0.4 is 0 Å². The summed E-state index contributed by atoms with van der Waals surface area (Å²) in [6.45, 7) is 0. The van der Waals surface area contributed by atoms with Gasteiger partial charge in [0.25, 0.3) is 5.65 Å². The number of imide groups is 1. The Labute approximate surface area is 127 Å². The van der Waals surface area contributed by atoms with Crippen LogP contribution in [0.1, 0.15) is 64.2 Å². The van der Waals surface area contributed by atoms with Crippen LogP contribution >= 0.6 is 8.58 Å². The van der Waals surface area contributed by atoms with E-state index in [0.29, 0.717) is 0 Å². The predicted octanol–water partition coefficient (Wildman–Crippen LogP) is 3.46. The topological polar surface area (TPSA) is 60.9 Å². The van der Waals surface area contributed by atoms with Crippen LogP contribution in [-0.4, -0.2) is 44.6 Å². The maximum Gasteiger partial charge on any atom is 0.329 e. The van der Waals surface area contributed by atoms with Crippen molar-refractivity contribution in [3.8, 4) is 0 Å². The molecule has 6 heteroatoms. The molecule has 0 aromatic heterocycles. The summed E-state index contributed by atoms with van der Waals surface area (Å²) in [5.41, 5.74) is -0.161. The Kier molecular flexibility index (Phi) is 4.80. The average Bonchev–Trinajstić information content (AvgIpc) is 2.49. The molecule has 0 radical (unpaired) electrons. The molecule has 2 atom stereocenters. The molecule has 2 saturated carbocycles. The molecule has 0 spiro atoms. The van der Waals surface area contributed by atoms with Gasteiger partial charge in [0.1, 0.15) is 0 Å². The van der Waals surface area contributed by atoms with Gasteiger partial charge in [0.2, 0.25) is 0 Å². The summed E-state index contributed by atoms with van der Waals surface area (Å²) in [7, 11) is -0.208. The number of urea groups is 1. The van der Waals surface area contributed by atoms with Crippen molar-refractivity contribution >= 4 is 20.3 Å². The molecule has 3 amide bonds. The molecular formula is C15H25N2O3P. The lowest BCUT2D eigenvalue weighted by Gasteiger charge is -2.46. The van der Waals surface area contributed by atoms with Crippen LogP contribution in [0.15, 0.2) is 0 Å². The summed E-state index contributed by atoms with van der Waals surface area (Å²) in [5.74, 6) is -0.895. The minimum absolute atomic E-state index is 0.0600. The quantitative estimate of drug-likeness (QED) is 0.794. The van der Waals surface area contributed by atoms with E-state index in [4.69, 9.17) is 0 Å². The van der Waals surface area contributed by atoms with Crippen molar-refractivity contribution in [1.82, 2.24) is 9.80 Å². The van der Waals surface area contributed by atoms with Crippen molar-refractivity contribution in [3.63, 3.8) is 0 Å². The minimum Gasteiger partial charge on any atom is -0.369 e. The minimum atomic E-state index is -0.895. The molecule has 3 aliphatic rings. The number of carbonyl (C=O) groups excluding carboxylic acids is 2. The molecule has 1 saturated heterocycles. The zero-order valence-electron chi connectivity index (χ0n) is 12.5. The second kappa shape index (κ2) is 6.62. The standard InChI is InChI=1S/C15H25N2O3P/c18-13-16(11-7-3-1-4-8-11)14(19)21-15(20)17(13)12-9-5-2-6-10-12/h11-12,14,19,21H,1-10H2. The monoisotopic (exact) mass is 312 g/mol. The number of aliphatic hydroxyl groups is 1. The highest BCUT2D eigenvalue weighted by Crippen LogP contribution is 2.39. The molecule has 0 bridgehead atoms. The maximum atomic E-state index is 12.8. The lowest BCUT2D eigenvalue weighted by atomic mass is 9.93. The Morgan fingerprint density at radius 1 is 0.857 bits per heavy atom. The summed E-state index contributed by atoms with van der Waals surface area (Å²) < 4.78 is 0. The number of aliphatic hydroxyl groups excluding tert-OH is 1. The molecule has 3 fully saturated rings. The van der Waals surface area contributed by atoms with E-state index in [1.54, 1.807) is 4.90 Å². The third-order valence-electron chi connectivity index (χ3n) is 5.07. The van der Waals surface area contributed by atoms with Gasteiger partial charge in [-0.25, -0.2) is 4.79 Å². The first-order chi connectivity index (χ1) is 10.2. The lowest BCUT2D eigenvalue weighted by molar-refractivity contribution is 0.0290. The molecule has 118 valence electrons. The van der Waals surface area contributed by atoms with E-state index in [2.05, 4.69) is 0 Å². The Balaban J connectivity index is 1.77. The highest BCUT2D eigenvalue weighted by Gasteiger charge is 2.44. The molecule has 2 unspecified atom stereocenters. The van der Waals surface area contributed by atoms with Crippen molar-refractivity contribution < 1.29 is 14.7 Å². The Morgan fingerprint density at radius 2 is 1.38 bits per heavy atom. The van der Waals surface area contributed by atoms with Crippen LogP contribution in [0.2, 0.25) is 0 Å². The first kappa shape index (κ1) is 15.2. The number of hydrogen-bond acceptors (Lipinski definition) is 3. The highest BCUT2D eigenvalue weighted by molar-refractivity contribution is 7.58. The van der Waals surface area contributed by atoms with E-state index in [-0.39, 0.29) is 32.3 Å². The number of hydrogen-bond donors (Lipinski definition) is 1. The van der Waals surface area contributed by atoms with Crippen molar-refractivity contribution in [2.75, 3.05) is 0 Å². The number of nitrogens with zero attached hydrogens (tertiary/aromatic N) is 2. The van der Waals surface area contributed by atoms with Gasteiger partial charge in [-0.3, -0.25) is 14.6 Å². The maximum absolute atomic E-state index is 12.8. The molecule has 2 aliphatic carbocycles. The average molecular weight is 312 g/mol. The molecule has 1 N–H and O–H groups in total. The van der Waals surface area contributed by atoms with Gasteiger partial charge in [-0.1, -0.05) is 38.5 Å². The number of amides is 3. The summed E-state index contributed by atoms with van der Waals surface area (Å²) in [6.07, 6.45) is 10.6. The van der Waals surface area contributed by atoms with E-state index in [0.717, 1.165) is 51.4 Å². The van der Waals surface area contributed by atoms with E-state index < -0.39 is 5.97 Å². The molecule has 21 heavy (non-hydrogen) atoms. The van der Waals surface area contributed by atoms with Gasteiger partial charge in [0.05, 0.1) is 0 Å². The Hall–Kier alpha value is -0.670. The van der Waals surface area contributed by atoms with Crippen LogP contribution in [0.5, 0.6) is 0 Å². The van der Waals surface area contributed by atoms with Gasteiger partial charge in [-0.05, 0) is 25.7 Å². The second-order valence-electron chi connectivity index (χ2n) is 6.47. The van der Waals surface area contributed by atoms with Gasteiger partial charge in [-0.2, -0.15) is 0 Å². The first-order valence-electron chi connectivity index (χ1n) is 8.28. The largest absolute Gasteiger partial charge is 0.369 e. The van der Waals surface area contributed by atoms with Crippen molar-refractivity contribution in [3.05, 3.63) is 0 Å². The molecular weight excluding hydrogens is 287 g/mol. The fourth-order valence-electron chi connectivity index (χ4n) is 3.94. The van der Waals surface area contributed by atoms with E-state index in [1.807, 2.05) is 0 Å². The molecule has 0 aromatic carbocycles. The molecule has 3 rings (SSSR count). The van der Waals surface area contributed by atoms with Crippen molar-refractivity contribution in [2.24, 2.45) is 0 Å². The van der Waals surface area contributed by atoms with E-state index in [9.17, 15) is 14.7 Å². The van der Waals surface area contributed by atoms with Crippen LogP contribution in [0.3, 0.4) is 0 Å². The van der Waals surface area contributed by atoms with Gasteiger partial charge in [0, 0.05) is 20.7 Å². The van der Waals surface area contributed by atoms with Gasteiger partial charge in [0.15, 0.2) is 5.97 Å². The lowest BCUT2D eigenvalue weighted by Crippen LogP contribution is -2.59. The van der Waals surface area contributed by atoms with Crippen LogP contribution in [-0.2, 0) is 0 Å².